The Bertz CT molecular complexity index is 511. The fraction of sp³-hybridized carbons (Fsp3) is 0.250. The third kappa shape index (κ3) is 2.62. The van der Waals surface area contributed by atoms with Gasteiger partial charge in [0, 0.05) is 24.4 Å². The van der Waals surface area contributed by atoms with E-state index < -0.39 is 0 Å². The van der Waals surface area contributed by atoms with E-state index in [1.807, 2.05) is 0 Å². The van der Waals surface area contributed by atoms with Crippen molar-refractivity contribution in [2.24, 2.45) is 0 Å². The molecule has 0 aliphatic rings. The first-order valence-corrected chi connectivity index (χ1v) is 5.21. The molecule has 0 fully saturated rings. The molecule has 17 heavy (non-hydrogen) atoms. The van der Waals surface area contributed by atoms with Crippen LogP contribution in [0.1, 0.15) is 0 Å². The van der Waals surface area contributed by atoms with Gasteiger partial charge in [-0.3, -0.25) is 4.68 Å². The minimum Gasteiger partial charge on any atom is -0.507 e. The second-order valence-electron chi connectivity index (χ2n) is 3.65. The number of rotatable bonds is 4. The Kier molecular flexibility index (Phi) is 3.39. The number of benzene rings is 1. The van der Waals surface area contributed by atoms with E-state index in [2.05, 4.69) is 5.10 Å². The van der Waals surface area contributed by atoms with E-state index in [1.165, 1.54) is 18.2 Å². The summed E-state index contributed by atoms with van der Waals surface area (Å²) in [5.74, 6) is -0.347. The van der Waals surface area contributed by atoms with Gasteiger partial charge < -0.3 is 9.84 Å². The van der Waals surface area contributed by atoms with Crippen LogP contribution in [0, 0.1) is 5.82 Å². The number of nitrogens with zero attached hydrogens (tertiary/aromatic N) is 2. The molecule has 1 heterocycles. The highest BCUT2D eigenvalue weighted by Gasteiger charge is 2.08. The number of ether oxygens (including phenoxy) is 1. The Morgan fingerprint density at radius 2 is 2.29 bits per heavy atom. The summed E-state index contributed by atoms with van der Waals surface area (Å²) in [7, 11) is 1.61. The molecule has 0 aliphatic carbocycles. The van der Waals surface area contributed by atoms with E-state index in [-0.39, 0.29) is 11.6 Å². The number of aromatic nitrogens is 2. The first kappa shape index (κ1) is 11.6. The summed E-state index contributed by atoms with van der Waals surface area (Å²) < 4.78 is 19.7. The lowest BCUT2D eigenvalue weighted by Crippen LogP contribution is -2.03. The molecule has 2 rings (SSSR count). The van der Waals surface area contributed by atoms with Gasteiger partial charge in [-0.05, 0) is 18.2 Å². The maximum Gasteiger partial charge on any atom is 0.124 e. The monoisotopic (exact) mass is 236 g/mol. The Morgan fingerprint density at radius 1 is 1.47 bits per heavy atom. The van der Waals surface area contributed by atoms with Crippen molar-refractivity contribution < 1.29 is 14.2 Å². The molecule has 0 aliphatic heterocycles. The minimum atomic E-state index is -0.387. The Labute approximate surface area is 98.3 Å². The summed E-state index contributed by atoms with van der Waals surface area (Å²) in [6.45, 7) is 1.17. The minimum absolute atomic E-state index is 0.0395. The van der Waals surface area contributed by atoms with Crippen LogP contribution in [0.5, 0.6) is 5.75 Å². The molecule has 0 amide bonds. The van der Waals surface area contributed by atoms with Crippen molar-refractivity contribution >= 4 is 0 Å². The quantitative estimate of drug-likeness (QED) is 0.883. The van der Waals surface area contributed by atoms with Crippen molar-refractivity contribution in [2.75, 3.05) is 13.7 Å². The molecule has 4 nitrogen and oxygen atoms in total. The molecule has 0 saturated carbocycles. The maximum atomic E-state index is 13.1. The molecule has 90 valence electrons. The summed E-state index contributed by atoms with van der Waals surface area (Å²) in [4.78, 5) is 0. The number of aromatic hydroxyl groups is 1. The normalized spacial score (nSPS) is 10.7. The van der Waals surface area contributed by atoms with Gasteiger partial charge >= 0.3 is 0 Å². The zero-order valence-corrected chi connectivity index (χ0v) is 9.43. The standard InChI is InChI=1S/C12H13FN2O2/c1-17-5-4-15-8-9(7-14-15)11-6-10(13)2-3-12(11)16/h2-3,6-8,16H,4-5H2,1H3. The fourth-order valence-electron chi connectivity index (χ4n) is 1.55. The van der Waals surface area contributed by atoms with Gasteiger partial charge in [0.25, 0.3) is 0 Å². The molecule has 1 aromatic heterocycles. The highest BCUT2D eigenvalue weighted by Crippen LogP contribution is 2.29. The molecule has 0 radical (unpaired) electrons. The van der Waals surface area contributed by atoms with Crippen LogP contribution in [0.2, 0.25) is 0 Å². The number of phenolic OH excluding ortho intramolecular Hbond substituents is 1. The zero-order valence-electron chi connectivity index (χ0n) is 9.43. The van der Waals surface area contributed by atoms with Gasteiger partial charge in [-0.2, -0.15) is 5.10 Å². The van der Waals surface area contributed by atoms with Crippen LogP contribution in [0.4, 0.5) is 4.39 Å². The summed E-state index contributed by atoms with van der Waals surface area (Å²) in [5, 5.41) is 13.7. The second-order valence-corrected chi connectivity index (χ2v) is 3.65. The van der Waals surface area contributed by atoms with E-state index in [1.54, 1.807) is 24.2 Å². The zero-order chi connectivity index (χ0) is 12.3. The molecule has 0 saturated heterocycles. The summed E-state index contributed by atoms with van der Waals surface area (Å²) in [5.41, 5.74) is 1.12. The third-order valence-electron chi connectivity index (χ3n) is 2.43. The van der Waals surface area contributed by atoms with Crippen LogP contribution >= 0.6 is 0 Å². The first-order valence-electron chi connectivity index (χ1n) is 5.21. The van der Waals surface area contributed by atoms with E-state index in [0.717, 1.165) is 0 Å². The lowest BCUT2D eigenvalue weighted by atomic mass is 10.1. The van der Waals surface area contributed by atoms with Gasteiger partial charge in [0.1, 0.15) is 11.6 Å². The first-order chi connectivity index (χ1) is 8.20. The number of phenols is 1. The van der Waals surface area contributed by atoms with Crippen molar-refractivity contribution in [3.8, 4) is 16.9 Å². The Balaban J connectivity index is 2.27. The second kappa shape index (κ2) is 4.97. The van der Waals surface area contributed by atoms with E-state index >= 15 is 0 Å². The SMILES string of the molecule is COCCn1cc(-c2cc(F)ccc2O)cn1. The fourth-order valence-corrected chi connectivity index (χ4v) is 1.55. The average Bonchev–Trinajstić information content (AvgIpc) is 2.78. The maximum absolute atomic E-state index is 13.1. The van der Waals surface area contributed by atoms with Crippen LogP contribution in [0.15, 0.2) is 30.6 Å². The van der Waals surface area contributed by atoms with Crippen molar-refractivity contribution in [1.82, 2.24) is 9.78 Å². The average molecular weight is 236 g/mol. The molecule has 0 bridgehead atoms. The van der Waals surface area contributed by atoms with Gasteiger partial charge in [0.2, 0.25) is 0 Å². The number of halogens is 1. The molecular formula is C12H13FN2O2. The van der Waals surface area contributed by atoms with Crippen LogP contribution in [0.25, 0.3) is 11.1 Å². The number of hydrogen-bond acceptors (Lipinski definition) is 3. The van der Waals surface area contributed by atoms with E-state index in [9.17, 15) is 9.50 Å². The molecule has 1 N–H and O–H groups in total. The van der Waals surface area contributed by atoms with Crippen molar-refractivity contribution in [3.63, 3.8) is 0 Å². The van der Waals surface area contributed by atoms with Crippen LogP contribution < -0.4 is 0 Å². The predicted molar refractivity (Wildman–Crippen MR) is 61.2 cm³/mol. The summed E-state index contributed by atoms with van der Waals surface area (Å²) >= 11 is 0. The van der Waals surface area contributed by atoms with E-state index in [4.69, 9.17) is 4.74 Å². The van der Waals surface area contributed by atoms with Crippen LogP contribution in [-0.4, -0.2) is 28.6 Å². The molecule has 1 aromatic carbocycles. The Hall–Kier alpha value is -1.88. The van der Waals surface area contributed by atoms with Gasteiger partial charge in [0.15, 0.2) is 0 Å². The number of methoxy groups -OCH3 is 1. The molecule has 0 atom stereocenters. The van der Waals surface area contributed by atoms with Crippen LogP contribution in [0.3, 0.4) is 0 Å². The van der Waals surface area contributed by atoms with Gasteiger partial charge in [-0.1, -0.05) is 0 Å². The molecule has 0 spiro atoms. The van der Waals surface area contributed by atoms with Crippen molar-refractivity contribution in [3.05, 3.63) is 36.4 Å². The molecule has 2 aromatic rings. The highest BCUT2D eigenvalue weighted by molar-refractivity contribution is 5.68. The summed E-state index contributed by atoms with van der Waals surface area (Å²) in [6.07, 6.45) is 3.33. The van der Waals surface area contributed by atoms with Crippen LogP contribution in [-0.2, 0) is 11.3 Å². The third-order valence-corrected chi connectivity index (χ3v) is 2.43. The molecule has 0 unspecified atom stereocenters. The highest BCUT2D eigenvalue weighted by atomic mass is 19.1. The lowest BCUT2D eigenvalue weighted by molar-refractivity contribution is 0.183. The molecule has 5 heteroatoms. The molecular weight excluding hydrogens is 223 g/mol. The van der Waals surface area contributed by atoms with Gasteiger partial charge in [-0.15, -0.1) is 0 Å². The van der Waals surface area contributed by atoms with Gasteiger partial charge in [0.05, 0.1) is 19.3 Å². The van der Waals surface area contributed by atoms with Crippen molar-refractivity contribution in [1.29, 1.82) is 0 Å². The predicted octanol–water partition coefficient (Wildman–Crippen LogP) is 2.04. The van der Waals surface area contributed by atoms with E-state index in [0.29, 0.717) is 24.3 Å². The lowest BCUT2D eigenvalue weighted by Gasteiger charge is -2.01. The largest absolute Gasteiger partial charge is 0.507 e. The summed E-state index contributed by atoms with van der Waals surface area (Å²) in [6, 6.07) is 3.83. The Morgan fingerprint density at radius 3 is 3.06 bits per heavy atom. The van der Waals surface area contributed by atoms with Gasteiger partial charge in [-0.25, -0.2) is 4.39 Å². The topological polar surface area (TPSA) is 47.3 Å². The number of hydrogen-bond donors (Lipinski definition) is 1. The smallest absolute Gasteiger partial charge is 0.124 e. The van der Waals surface area contributed by atoms with Crippen molar-refractivity contribution in [2.45, 2.75) is 6.54 Å².